The maximum Gasteiger partial charge on any atom is 0.143 e. The van der Waals surface area contributed by atoms with Gasteiger partial charge in [-0.25, -0.2) is 4.98 Å². The van der Waals surface area contributed by atoms with E-state index in [1.807, 2.05) is 5.38 Å². The van der Waals surface area contributed by atoms with Crippen molar-refractivity contribution in [3.8, 4) is 23.1 Å². The van der Waals surface area contributed by atoms with E-state index in [1.54, 1.807) is 36.4 Å². The van der Waals surface area contributed by atoms with Gasteiger partial charge in [-0.05, 0) is 73.8 Å². The molecule has 0 radical (unpaired) electrons. The topological polar surface area (TPSA) is 56.9 Å². The van der Waals surface area contributed by atoms with Gasteiger partial charge in [0.2, 0.25) is 0 Å². The summed E-state index contributed by atoms with van der Waals surface area (Å²) < 4.78 is 1.06. The van der Waals surface area contributed by atoms with Crippen molar-refractivity contribution in [1.82, 2.24) is 4.98 Å². The summed E-state index contributed by atoms with van der Waals surface area (Å²) in [5.74, 6) is 0.106. The molecule has 0 atom stereocenters. The van der Waals surface area contributed by atoms with E-state index < -0.39 is 0 Å². The second kappa shape index (κ2) is 8.12. The van der Waals surface area contributed by atoms with Crippen molar-refractivity contribution in [2.75, 3.05) is 0 Å². The van der Waals surface area contributed by atoms with E-state index in [0.29, 0.717) is 35.3 Å². The van der Waals surface area contributed by atoms with Crippen molar-refractivity contribution >= 4 is 78.0 Å². The average molecular weight is 531 g/mol. The molecule has 0 fully saturated rings. The quantitative estimate of drug-likeness (QED) is 0.359. The van der Waals surface area contributed by atoms with Gasteiger partial charge in [-0.2, -0.15) is 5.26 Å². The van der Waals surface area contributed by atoms with Crippen LogP contribution in [0.4, 0.5) is 0 Å². The van der Waals surface area contributed by atoms with Crippen molar-refractivity contribution in [2.45, 2.75) is 0 Å². The number of nitrogens with zero attached hydrogens (tertiary/aromatic N) is 2. The first-order valence-corrected chi connectivity index (χ1v) is 10.3. The molecule has 1 N–H and O–H groups in total. The molecule has 0 saturated heterocycles. The Labute approximate surface area is 180 Å². The summed E-state index contributed by atoms with van der Waals surface area (Å²) in [5.41, 5.74) is 2.60. The third-order valence-corrected chi connectivity index (χ3v) is 6.04. The van der Waals surface area contributed by atoms with E-state index >= 15 is 0 Å². The molecule has 3 aromatic rings. The lowest BCUT2D eigenvalue weighted by molar-refractivity contribution is 0.468. The highest BCUT2D eigenvalue weighted by molar-refractivity contribution is 9.11. The number of phenols is 1. The number of thiazole rings is 1. The normalized spacial score (nSPS) is 11.4. The Morgan fingerprint density at radius 2 is 1.88 bits per heavy atom. The van der Waals surface area contributed by atoms with Gasteiger partial charge in [0.25, 0.3) is 0 Å². The molecule has 0 aliphatic carbocycles. The maximum absolute atomic E-state index is 9.80. The van der Waals surface area contributed by atoms with Crippen molar-refractivity contribution in [3.63, 3.8) is 0 Å². The summed E-state index contributed by atoms with van der Waals surface area (Å²) in [6, 6.07) is 10.8. The molecular weight excluding hydrogens is 523 g/mol. The first kappa shape index (κ1) is 19.4. The van der Waals surface area contributed by atoms with Crippen LogP contribution in [0.5, 0.6) is 5.75 Å². The van der Waals surface area contributed by atoms with Crippen molar-refractivity contribution in [3.05, 3.63) is 65.3 Å². The molecule has 0 spiro atoms. The standard InChI is InChI=1S/C18H8Br2Cl2N2OS/c19-13-4-9(5-14(20)17(13)25)3-10(7-23)18-24-16(8-26-18)12-2-1-11(21)6-15(12)22/h1-6,8,25H/b10-3-. The van der Waals surface area contributed by atoms with Crippen LogP contribution >= 0.6 is 66.4 Å². The van der Waals surface area contributed by atoms with Gasteiger partial charge in [0, 0.05) is 16.0 Å². The van der Waals surface area contributed by atoms with E-state index in [9.17, 15) is 10.4 Å². The number of hydrogen-bond acceptors (Lipinski definition) is 4. The van der Waals surface area contributed by atoms with Crippen LogP contribution in [0.25, 0.3) is 22.9 Å². The van der Waals surface area contributed by atoms with Crippen molar-refractivity contribution in [2.24, 2.45) is 0 Å². The summed E-state index contributed by atoms with van der Waals surface area (Å²) in [6.07, 6.45) is 1.71. The van der Waals surface area contributed by atoms with Crippen molar-refractivity contribution in [1.29, 1.82) is 5.26 Å². The second-order valence-electron chi connectivity index (χ2n) is 5.17. The highest BCUT2D eigenvalue weighted by Crippen LogP contribution is 2.36. The first-order valence-electron chi connectivity index (χ1n) is 7.10. The van der Waals surface area contributed by atoms with E-state index in [2.05, 4.69) is 42.9 Å². The van der Waals surface area contributed by atoms with Crippen LogP contribution < -0.4 is 0 Å². The number of aromatic hydroxyl groups is 1. The van der Waals surface area contributed by atoms with E-state index in [0.717, 1.165) is 11.1 Å². The number of nitriles is 1. The summed E-state index contributed by atoms with van der Waals surface area (Å²) in [4.78, 5) is 4.53. The maximum atomic E-state index is 9.80. The SMILES string of the molecule is N#C/C(=C/c1cc(Br)c(O)c(Br)c1)c1nc(-c2ccc(Cl)cc2Cl)cs1. The van der Waals surface area contributed by atoms with Crippen LogP contribution in [0.1, 0.15) is 10.6 Å². The van der Waals surface area contributed by atoms with Crippen LogP contribution in [0, 0.1) is 11.3 Å². The van der Waals surface area contributed by atoms with Gasteiger partial charge in [0.05, 0.1) is 25.2 Å². The lowest BCUT2D eigenvalue weighted by Gasteiger charge is -2.03. The fraction of sp³-hybridized carbons (Fsp3) is 0. The Balaban J connectivity index is 2.00. The van der Waals surface area contributed by atoms with Gasteiger partial charge in [-0.15, -0.1) is 11.3 Å². The summed E-state index contributed by atoms with van der Waals surface area (Å²) in [5, 5.41) is 22.8. The van der Waals surface area contributed by atoms with Crippen LogP contribution in [-0.2, 0) is 0 Å². The number of hydrogen-bond donors (Lipinski definition) is 1. The van der Waals surface area contributed by atoms with Gasteiger partial charge in [-0.1, -0.05) is 23.2 Å². The number of phenolic OH excluding ortho intramolecular Hbond substituents is 1. The average Bonchev–Trinajstić information content (AvgIpc) is 3.07. The Kier molecular flexibility index (Phi) is 6.06. The van der Waals surface area contributed by atoms with Gasteiger partial charge >= 0.3 is 0 Å². The molecule has 2 aromatic carbocycles. The van der Waals surface area contributed by atoms with Crippen LogP contribution in [0.15, 0.2) is 44.7 Å². The highest BCUT2D eigenvalue weighted by atomic mass is 79.9. The minimum atomic E-state index is 0.106. The fourth-order valence-corrected chi connectivity index (χ4v) is 4.71. The van der Waals surface area contributed by atoms with Gasteiger partial charge in [0.1, 0.15) is 16.8 Å². The third kappa shape index (κ3) is 4.13. The predicted molar refractivity (Wildman–Crippen MR) is 115 cm³/mol. The van der Waals surface area contributed by atoms with E-state index in [1.165, 1.54) is 11.3 Å². The molecule has 0 saturated carbocycles. The predicted octanol–water partition coefficient (Wildman–Crippen LogP) is 7.41. The molecular formula is C18H8Br2Cl2N2OS. The number of rotatable bonds is 3. The number of aromatic nitrogens is 1. The van der Waals surface area contributed by atoms with Gasteiger partial charge < -0.3 is 5.11 Å². The number of halogens is 4. The smallest absolute Gasteiger partial charge is 0.143 e. The molecule has 130 valence electrons. The zero-order chi connectivity index (χ0) is 18.8. The number of benzene rings is 2. The Hall–Kier alpha value is -1.36. The molecule has 3 nitrogen and oxygen atoms in total. The summed E-state index contributed by atoms with van der Waals surface area (Å²) in [7, 11) is 0. The highest BCUT2D eigenvalue weighted by Gasteiger charge is 2.13. The Morgan fingerprint density at radius 3 is 2.50 bits per heavy atom. The lowest BCUT2D eigenvalue weighted by atomic mass is 10.1. The van der Waals surface area contributed by atoms with Gasteiger partial charge in [-0.3, -0.25) is 0 Å². The monoisotopic (exact) mass is 528 g/mol. The van der Waals surface area contributed by atoms with E-state index in [-0.39, 0.29) is 5.75 Å². The molecule has 1 aromatic heterocycles. The second-order valence-corrected chi connectivity index (χ2v) is 8.58. The molecule has 8 heteroatoms. The summed E-state index contributed by atoms with van der Waals surface area (Å²) in [6.45, 7) is 0. The molecule has 26 heavy (non-hydrogen) atoms. The molecule has 3 rings (SSSR count). The van der Waals surface area contributed by atoms with Crippen molar-refractivity contribution < 1.29 is 5.11 Å². The Bertz CT molecular complexity index is 1050. The number of allylic oxidation sites excluding steroid dienone is 1. The van der Waals surface area contributed by atoms with Gasteiger partial charge in [0.15, 0.2) is 0 Å². The molecule has 1 heterocycles. The summed E-state index contributed by atoms with van der Waals surface area (Å²) >= 11 is 20.1. The molecule has 0 amide bonds. The van der Waals surface area contributed by atoms with E-state index in [4.69, 9.17) is 23.2 Å². The zero-order valence-corrected chi connectivity index (χ0v) is 18.3. The van der Waals surface area contributed by atoms with Crippen LogP contribution in [0.3, 0.4) is 0 Å². The molecule has 0 aliphatic rings. The Morgan fingerprint density at radius 1 is 1.19 bits per heavy atom. The third-order valence-electron chi connectivity index (χ3n) is 3.41. The molecule has 0 aliphatic heterocycles. The fourth-order valence-electron chi connectivity index (χ4n) is 2.20. The zero-order valence-electron chi connectivity index (χ0n) is 12.8. The molecule has 0 unspecified atom stereocenters. The van der Waals surface area contributed by atoms with Crippen LogP contribution in [0.2, 0.25) is 10.0 Å². The minimum absolute atomic E-state index is 0.106. The minimum Gasteiger partial charge on any atom is -0.506 e. The molecule has 0 bridgehead atoms. The van der Waals surface area contributed by atoms with Crippen LogP contribution in [-0.4, -0.2) is 10.1 Å². The largest absolute Gasteiger partial charge is 0.506 e. The first-order chi connectivity index (χ1) is 12.4. The lowest BCUT2D eigenvalue weighted by Crippen LogP contribution is -1.84.